The van der Waals surface area contributed by atoms with E-state index in [0.717, 1.165) is 4.90 Å². The van der Waals surface area contributed by atoms with Crippen molar-refractivity contribution in [3.63, 3.8) is 0 Å². The summed E-state index contributed by atoms with van der Waals surface area (Å²) in [5.74, 6) is -1.96. The molecule has 5 nitrogen and oxygen atoms in total. The number of carbonyl (C=O) groups excluding carboxylic acids is 1. The molecule has 1 amide bonds. The van der Waals surface area contributed by atoms with E-state index in [9.17, 15) is 22.8 Å². The van der Waals surface area contributed by atoms with Crippen molar-refractivity contribution in [2.75, 3.05) is 13.1 Å². The maximum Gasteiger partial charge on any atom is 0.410 e. The van der Waals surface area contributed by atoms with Crippen LogP contribution in [0.3, 0.4) is 0 Å². The van der Waals surface area contributed by atoms with E-state index < -0.39 is 42.7 Å². The van der Waals surface area contributed by atoms with Gasteiger partial charge in [-0.05, 0) is 20.3 Å². The third-order valence-corrected chi connectivity index (χ3v) is 2.82. The summed E-state index contributed by atoms with van der Waals surface area (Å²) in [6, 6.07) is 0. The van der Waals surface area contributed by atoms with E-state index in [2.05, 4.69) is 0 Å². The Kier molecular flexibility index (Phi) is 3.78. The smallest absolute Gasteiger partial charge is 0.410 e. The molecule has 1 aliphatic heterocycles. The lowest BCUT2D eigenvalue weighted by Crippen LogP contribution is -2.47. The number of halogens is 3. The molecule has 0 bridgehead atoms. The van der Waals surface area contributed by atoms with E-state index in [1.165, 1.54) is 0 Å². The molecular weight excluding hydrogens is 255 g/mol. The van der Waals surface area contributed by atoms with Crippen molar-refractivity contribution in [1.82, 2.24) is 4.90 Å². The van der Waals surface area contributed by atoms with Gasteiger partial charge in [-0.15, -0.1) is 0 Å². The molecule has 0 saturated carbocycles. The monoisotopic (exact) mass is 269 g/mol. The van der Waals surface area contributed by atoms with E-state index in [-0.39, 0.29) is 6.54 Å². The van der Waals surface area contributed by atoms with Gasteiger partial charge in [0, 0.05) is 13.1 Å². The summed E-state index contributed by atoms with van der Waals surface area (Å²) in [5.41, 5.74) is -2.89. The number of amides is 1. The van der Waals surface area contributed by atoms with Gasteiger partial charge in [-0.1, -0.05) is 0 Å². The highest BCUT2D eigenvalue weighted by Gasteiger charge is 2.64. The Morgan fingerprint density at radius 1 is 1.39 bits per heavy atom. The molecule has 1 fully saturated rings. The van der Waals surface area contributed by atoms with E-state index >= 15 is 0 Å². The third-order valence-electron chi connectivity index (χ3n) is 2.82. The van der Waals surface area contributed by atoms with E-state index in [4.69, 9.17) is 9.84 Å². The second-order valence-electron chi connectivity index (χ2n) is 4.49. The lowest BCUT2D eigenvalue weighted by Gasteiger charge is -2.27. The molecule has 0 aromatic rings. The van der Waals surface area contributed by atoms with Gasteiger partial charge in [-0.25, -0.2) is 4.79 Å². The van der Waals surface area contributed by atoms with Crippen LogP contribution in [-0.4, -0.2) is 47.4 Å². The van der Waals surface area contributed by atoms with Crippen LogP contribution in [-0.2, 0) is 9.53 Å². The van der Waals surface area contributed by atoms with E-state index in [1.54, 1.807) is 13.8 Å². The summed E-state index contributed by atoms with van der Waals surface area (Å²) in [6.07, 6.45) is -6.94. The first-order valence-electron chi connectivity index (χ1n) is 5.36. The van der Waals surface area contributed by atoms with Gasteiger partial charge in [-0.3, -0.25) is 4.79 Å². The standard InChI is InChI=1S/C10H14F3NO4/c1-6(2)18-8(17)14-4-3-9(5-14,7(15)16)10(11,12)13/h6H,3-5H2,1-2H3,(H,15,16). The molecular formula is C10H14F3NO4. The molecule has 1 aliphatic rings. The normalized spacial score (nSPS) is 24.4. The number of ether oxygens (including phenoxy) is 1. The first kappa shape index (κ1) is 14.6. The first-order chi connectivity index (χ1) is 8.10. The summed E-state index contributed by atoms with van der Waals surface area (Å²) in [6.45, 7) is 1.93. The molecule has 18 heavy (non-hydrogen) atoms. The second-order valence-corrected chi connectivity index (χ2v) is 4.49. The number of nitrogens with zero attached hydrogens (tertiary/aromatic N) is 1. The van der Waals surface area contributed by atoms with Crippen LogP contribution < -0.4 is 0 Å². The predicted molar refractivity (Wildman–Crippen MR) is 53.9 cm³/mol. The van der Waals surface area contributed by atoms with Crippen LogP contribution in [0.25, 0.3) is 0 Å². The molecule has 1 rings (SSSR count). The van der Waals surface area contributed by atoms with Crippen molar-refractivity contribution in [3.05, 3.63) is 0 Å². The largest absolute Gasteiger partial charge is 0.481 e. The Balaban J connectivity index is 2.85. The highest BCUT2D eigenvalue weighted by atomic mass is 19.4. The fraction of sp³-hybridized carbons (Fsp3) is 0.800. The molecule has 0 radical (unpaired) electrons. The van der Waals surface area contributed by atoms with Gasteiger partial charge in [0.2, 0.25) is 0 Å². The Morgan fingerprint density at radius 3 is 2.28 bits per heavy atom. The predicted octanol–water partition coefficient (Wildman–Crippen LogP) is 1.87. The fourth-order valence-electron chi connectivity index (χ4n) is 1.77. The number of aliphatic carboxylic acids is 1. The lowest BCUT2D eigenvalue weighted by molar-refractivity contribution is -0.227. The fourth-order valence-corrected chi connectivity index (χ4v) is 1.77. The maximum atomic E-state index is 12.8. The number of hydrogen-bond acceptors (Lipinski definition) is 3. The molecule has 0 aliphatic carbocycles. The van der Waals surface area contributed by atoms with Crippen LogP contribution in [0.5, 0.6) is 0 Å². The Morgan fingerprint density at radius 2 is 1.94 bits per heavy atom. The molecule has 0 aromatic heterocycles. The van der Waals surface area contributed by atoms with Crippen molar-refractivity contribution in [3.8, 4) is 0 Å². The minimum Gasteiger partial charge on any atom is -0.481 e. The summed E-state index contributed by atoms with van der Waals surface area (Å²) in [4.78, 5) is 23.1. The van der Waals surface area contributed by atoms with Gasteiger partial charge in [-0.2, -0.15) is 13.2 Å². The Bertz CT molecular complexity index is 356. The zero-order valence-electron chi connectivity index (χ0n) is 9.95. The number of carboxylic acids is 1. The Hall–Kier alpha value is -1.47. The zero-order chi connectivity index (χ0) is 14.1. The number of likely N-dealkylation sites (tertiary alicyclic amines) is 1. The molecule has 1 heterocycles. The van der Waals surface area contributed by atoms with Crippen LogP contribution >= 0.6 is 0 Å². The number of carboxylic acid groups (broad SMARTS) is 1. The number of carbonyl (C=O) groups is 2. The van der Waals surface area contributed by atoms with Crippen LogP contribution in [0.4, 0.5) is 18.0 Å². The average Bonchev–Trinajstić information content (AvgIpc) is 2.60. The highest BCUT2D eigenvalue weighted by Crippen LogP contribution is 2.45. The molecule has 0 aromatic carbocycles. The molecule has 8 heteroatoms. The second kappa shape index (κ2) is 4.66. The minimum absolute atomic E-state index is 0.280. The number of alkyl halides is 3. The molecule has 1 unspecified atom stereocenters. The quantitative estimate of drug-likeness (QED) is 0.831. The van der Waals surface area contributed by atoms with Crippen LogP contribution in [0.15, 0.2) is 0 Å². The average molecular weight is 269 g/mol. The lowest BCUT2D eigenvalue weighted by atomic mass is 9.86. The first-order valence-corrected chi connectivity index (χ1v) is 5.36. The topological polar surface area (TPSA) is 66.8 Å². The van der Waals surface area contributed by atoms with Crippen molar-refractivity contribution >= 4 is 12.1 Å². The van der Waals surface area contributed by atoms with Gasteiger partial charge < -0.3 is 14.7 Å². The number of hydrogen-bond donors (Lipinski definition) is 1. The molecule has 1 N–H and O–H groups in total. The SMILES string of the molecule is CC(C)OC(=O)N1CCC(C(=O)O)(C(F)(F)F)C1. The molecule has 104 valence electrons. The molecule has 1 saturated heterocycles. The summed E-state index contributed by atoms with van der Waals surface area (Å²) >= 11 is 0. The van der Waals surface area contributed by atoms with Gasteiger partial charge in [0.25, 0.3) is 0 Å². The zero-order valence-corrected chi connectivity index (χ0v) is 9.95. The minimum atomic E-state index is -4.90. The summed E-state index contributed by atoms with van der Waals surface area (Å²) in [7, 11) is 0. The molecule has 0 spiro atoms. The summed E-state index contributed by atoms with van der Waals surface area (Å²) in [5, 5.41) is 8.78. The van der Waals surface area contributed by atoms with Gasteiger partial charge in [0.15, 0.2) is 5.41 Å². The van der Waals surface area contributed by atoms with Crippen LogP contribution in [0.1, 0.15) is 20.3 Å². The highest BCUT2D eigenvalue weighted by molar-refractivity contribution is 5.78. The third kappa shape index (κ3) is 2.51. The van der Waals surface area contributed by atoms with E-state index in [0.29, 0.717) is 0 Å². The number of rotatable bonds is 2. The Labute approximate surface area is 102 Å². The van der Waals surface area contributed by atoms with Crippen LogP contribution in [0, 0.1) is 5.41 Å². The van der Waals surface area contributed by atoms with Crippen molar-refractivity contribution in [2.45, 2.75) is 32.5 Å². The van der Waals surface area contributed by atoms with Crippen LogP contribution in [0.2, 0.25) is 0 Å². The summed E-state index contributed by atoms with van der Waals surface area (Å²) < 4.78 is 43.2. The van der Waals surface area contributed by atoms with Gasteiger partial charge in [0.1, 0.15) is 0 Å². The van der Waals surface area contributed by atoms with Gasteiger partial charge in [0.05, 0.1) is 6.10 Å². The van der Waals surface area contributed by atoms with E-state index in [1.807, 2.05) is 0 Å². The van der Waals surface area contributed by atoms with Crippen molar-refractivity contribution in [2.24, 2.45) is 5.41 Å². The van der Waals surface area contributed by atoms with Gasteiger partial charge >= 0.3 is 18.2 Å². The molecule has 1 atom stereocenters. The van der Waals surface area contributed by atoms with Crippen molar-refractivity contribution in [1.29, 1.82) is 0 Å². The maximum absolute atomic E-state index is 12.8. The van der Waals surface area contributed by atoms with Crippen molar-refractivity contribution < 1.29 is 32.6 Å².